The van der Waals surface area contributed by atoms with Crippen molar-refractivity contribution in [3.05, 3.63) is 29.3 Å². The van der Waals surface area contributed by atoms with E-state index in [0.29, 0.717) is 5.92 Å². The third-order valence-corrected chi connectivity index (χ3v) is 4.46. The predicted octanol–water partition coefficient (Wildman–Crippen LogP) is 4.24. The zero-order valence-electron chi connectivity index (χ0n) is 13.5. The van der Waals surface area contributed by atoms with Crippen LogP contribution in [-0.2, 0) is 0 Å². The average molecular weight is 275 g/mol. The predicted molar refractivity (Wildman–Crippen MR) is 85.5 cm³/mol. The number of hydrogen-bond acceptors (Lipinski definition) is 2. The summed E-state index contributed by atoms with van der Waals surface area (Å²) >= 11 is 0. The van der Waals surface area contributed by atoms with Gasteiger partial charge in [-0.05, 0) is 75.7 Å². The lowest BCUT2D eigenvalue weighted by molar-refractivity contribution is -0.0149. The van der Waals surface area contributed by atoms with Crippen molar-refractivity contribution in [1.29, 1.82) is 0 Å². The summed E-state index contributed by atoms with van der Waals surface area (Å²) in [4.78, 5) is 0. The van der Waals surface area contributed by atoms with Crippen molar-refractivity contribution >= 4 is 0 Å². The molecule has 1 aromatic carbocycles. The molecule has 20 heavy (non-hydrogen) atoms. The molecule has 1 aromatic rings. The molecule has 1 aliphatic rings. The fourth-order valence-corrected chi connectivity index (χ4v) is 2.75. The van der Waals surface area contributed by atoms with Gasteiger partial charge < -0.3 is 10.1 Å². The first kappa shape index (κ1) is 15.4. The van der Waals surface area contributed by atoms with Gasteiger partial charge in [-0.15, -0.1) is 0 Å². The molecule has 0 radical (unpaired) electrons. The summed E-state index contributed by atoms with van der Waals surface area (Å²) < 4.78 is 6.42. The van der Waals surface area contributed by atoms with Crippen LogP contribution in [0.5, 0.6) is 5.75 Å². The van der Waals surface area contributed by atoms with Crippen molar-refractivity contribution in [3.63, 3.8) is 0 Å². The van der Waals surface area contributed by atoms with Crippen molar-refractivity contribution in [2.75, 3.05) is 13.1 Å². The van der Waals surface area contributed by atoms with Crippen LogP contribution < -0.4 is 10.1 Å². The van der Waals surface area contributed by atoms with Crippen LogP contribution in [-0.4, -0.2) is 18.7 Å². The summed E-state index contributed by atoms with van der Waals surface area (Å²) in [7, 11) is 0. The standard InChI is InChI=1S/C18H29NO/c1-14(2)13-19-12-11-18(9-6-10-18)20-17-8-5-7-15(3)16(17)4/h5,7-8,14,19H,6,9-13H2,1-4H3. The fraction of sp³-hybridized carbons (Fsp3) is 0.667. The molecule has 0 aromatic heterocycles. The highest BCUT2D eigenvalue weighted by atomic mass is 16.5. The second-order valence-corrected chi connectivity index (χ2v) is 6.68. The Bertz CT molecular complexity index is 435. The third-order valence-electron chi connectivity index (χ3n) is 4.46. The fourth-order valence-electron chi connectivity index (χ4n) is 2.75. The van der Waals surface area contributed by atoms with Crippen LogP contribution >= 0.6 is 0 Å². The highest BCUT2D eigenvalue weighted by Gasteiger charge is 2.39. The van der Waals surface area contributed by atoms with Crippen LogP contribution in [0.1, 0.15) is 50.7 Å². The molecule has 1 fully saturated rings. The summed E-state index contributed by atoms with van der Waals surface area (Å²) in [5, 5.41) is 3.54. The van der Waals surface area contributed by atoms with Crippen molar-refractivity contribution in [2.45, 2.75) is 59.0 Å². The molecule has 0 amide bonds. The van der Waals surface area contributed by atoms with E-state index >= 15 is 0 Å². The molecule has 0 unspecified atom stereocenters. The van der Waals surface area contributed by atoms with Gasteiger partial charge in [0.2, 0.25) is 0 Å². The number of aryl methyl sites for hydroxylation is 1. The SMILES string of the molecule is Cc1cccc(OC2(CCNCC(C)C)CCC2)c1C. The highest BCUT2D eigenvalue weighted by Crippen LogP contribution is 2.40. The van der Waals surface area contributed by atoms with E-state index in [1.165, 1.54) is 30.4 Å². The van der Waals surface area contributed by atoms with Gasteiger partial charge in [-0.2, -0.15) is 0 Å². The first-order valence-electron chi connectivity index (χ1n) is 7.98. The maximum Gasteiger partial charge on any atom is 0.123 e. The smallest absolute Gasteiger partial charge is 0.123 e. The monoisotopic (exact) mass is 275 g/mol. The molecule has 0 saturated heterocycles. The Morgan fingerprint density at radius 3 is 2.60 bits per heavy atom. The Hall–Kier alpha value is -1.02. The van der Waals surface area contributed by atoms with Gasteiger partial charge in [0, 0.05) is 0 Å². The van der Waals surface area contributed by atoms with Crippen molar-refractivity contribution in [3.8, 4) is 5.75 Å². The van der Waals surface area contributed by atoms with Crippen molar-refractivity contribution < 1.29 is 4.74 Å². The second kappa shape index (κ2) is 6.62. The van der Waals surface area contributed by atoms with Gasteiger partial charge in [-0.1, -0.05) is 26.0 Å². The molecule has 2 rings (SSSR count). The van der Waals surface area contributed by atoms with Crippen LogP contribution in [0.3, 0.4) is 0 Å². The van der Waals surface area contributed by atoms with Crippen molar-refractivity contribution in [1.82, 2.24) is 5.32 Å². The van der Waals surface area contributed by atoms with Gasteiger partial charge in [0.25, 0.3) is 0 Å². The van der Waals surface area contributed by atoms with E-state index < -0.39 is 0 Å². The van der Waals surface area contributed by atoms with Crippen LogP contribution in [0.4, 0.5) is 0 Å². The minimum absolute atomic E-state index is 0.0858. The maximum atomic E-state index is 6.42. The molecular weight excluding hydrogens is 246 g/mol. The number of rotatable bonds is 7. The molecular formula is C18H29NO. The summed E-state index contributed by atoms with van der Waals surface area (Å²) in [6.45, 7) is 11.0. The molecule has 112 valence electrons. The van der Waals surface area contributed by atoms with E-state index in [1.54, 1.807) is 0 Å². The molecule has 2 nitrogen and oxygen atoms in total. The van der Waals surface area contributed by atoms with Gasteiger partial charge in [0.1, 0.15) is 11.4 Å². The van der Waals surface area contributed by atoms with Gasteiger partial charge in [0.15, 0.2) is 0 Å². The first-order chi connectivity index (χ1) is 9.52. The highest BCUT2D eigenvalue weighted by molar-refractivity contribution is 5.38. The van der Waals surface area contributed by atoms with Crippen LogP contribution in [0.25, 0.3) is 0 Å². The maximum absolute atomic E-state index is 6.42. The quantitative estimate of drug-likeness (QED) is 0.751. The summed E-state index contributed by atoms with van der Waals surface area (Å²) in [6, 6.07) is 6.37. The molecule has 1 N–H and O–H groups in total. The lowest BCUT2D eigenvalue weighted by atomic mass is 9.77. The van der Waals surface area contributed by atoms with Gasteiger partial charge >= 0.3 is 0 Å². The van der Waals surface area contributed by atoms with Gasteiger partial charge in [-0.3, -0.25) is 0 Å². The largest absolute Gasteiger partial charge is 0.487 e. The Morgan fingerprint density at radius 1 is 1.25 bits per heavy atom. The minimum Gasteiger partial charge on any atom is -0.487 e. The van der Waals surface area contributed by atoms with E-state index in [4.69, 9.17) is 4.74 Å². The minimum atomic E-state index is 0.0858. The molecule has 0 bridgehead atoms. The second-order valence-electron chi connectivity index (χ2n) is 6.68. The van der Waals surface area contributed by atoms with E-state index in [9.17, 15) is 0 Å². The van der Waals surface area contributed by atoms with E-state index in [2.05, 4.69) is 51.2 Å². The summed E-state index contributed by atoms with van der Waals surface area (Å²) in [5.41, 5.74) is 2.69. The number of nitrogens with one attached hydrogen (secondary N) is 1. The number of hydrogen-bond donors (Lipinski definition) is 1. The Morgan fingerprint density at radius 2 is 2.00 bits per heavy atom. The van der Waals surface area contributed by atoms with Crippen LogP contribution in [0.15, 0.2) is 18.2 Å². The third kappa shape index (κ3) is 3.76. The number of benzene rings is 1. The molecule has 0 heterocycles. The van der Waals surface area contributed by atoms with Gasteiger partial charge in [0.05, 0.1) is 0 Å². The Balaban J connectivity index is 1.92. The first-order valence-corrected chi connectivity index (χ1v) is 7.98. The van der Waals surface area contributed by atoms with Crippen molar-refractivity contribution in [2.24, 2.45) is 5.92 Å². The van der Waals surface area contributed by atoms with Crippen LogP contribution in [0, 0.1) is 19.8 Å². The lowest BCUT2D eigenvalue weighted by Gasteiger charge is -2.42. The number of ether oxygens (including phenoxy) is 1. The van der Waals surface area contributed by atoms with Gasteiger partial charge in [-0.25, -0.2) is 0 Å². The van der Waals surface area contributed by atoms with E-state index in [0.717, 1.165) is 25.3 Å². The Labute approximate surface area is 123 Å². The van der Waals surface area contributed by atoms with E-state index in [-0.39, 0.29) is 5.60 Å². The topological polar surface area (TPSA) is 21.3 Å². The molecule has 0 aliphatic heterocycles. The zero-order valence-corrected chi connectivity index (χ0v) is 13.5. The molecule has 1 saturated carbocycles. The molecule has 1 aliphatic carbocycles. The summed E-state index contributed by atoms with van der Waals surface area (Å²) in [6.07, 6.45) is 4.82. The molecule has 2 heteroatoms. The van der Waals surface area contributed by atoms with E-state index in [1.807, 2.05) is 0 Å². The molecule has 0 spiro atoms. The zero-order chi connectivity index (χ0) is 14.6. The average Bonchev–Trinajstić information content (AvgIpc) is 2.36. The lowest BCUT2D eigenvalue weighted by Crippen LogP contribution is -2.45. The molecule has 0 atom stereocenters. The summed E-state index contributed by atoms with van der Waals surface area (Å²) in [5.74, 6) is 1.79. The normalized spacial score (nSPS) is 17.1. The Kier molecular flexibility index (Phi) is 5.09. The van der Waals surface area contributed by atoms with Crippen LogP contribution in [0.2, 0.25) is 0 Å².